The van der Waals surface area contributed by atoms with Crippen LogP contribution in [0.25, 0.3) is 11.0 Å². The molecule has 0 aliphatic carbocycles. The van der Waals surface area contributed by atoms with E-state index in [1.165, 1.54) is 7.11 Å². The molecular formula is C25H22N2O5. The number of ether oxygens (including phenoxy) is 2. The Kier molecular flexibility index (Phi) is 6.07. The Labute approximate surface area is 184 Å². The standard InChI is InChI=1S/C25H22N2O5/c1-30-20-13-12-16(14-21(20)31-2)15-22(28)27-23-18-10-6-7-11-19(18)32-24(23)25(29)26-17-8-4-3-5-9-17/h3-14H,15H2,1-2H3,(H,26,29)(H,27,28). The summed E-state index contributed by atoms with van der Waals surface area (Å²) in [5.41, 5.74) is 2.20. The summed E-state index contributed by atoms with van der Waals surface area (Å²) in [5.74, 6) is 0.411. The Hall–Kier alpha value is -4.26. The molecule has 1 aromatic heterocycles. The molecular weight excluding hydrogens is 408 g/mol. The van der Waals surface area contributed by atoms with Gasteiger partial charge in [0.05, 0.1) is 20.6 Å². The topological polar surface area (TPSA) is 89.8 Å². The van der Waals surface area contributed by atoms with Crippen LogP contribution in [0.4, 0.5) is 11.4 Å². The van der Waals surface area contributed by atoms with Crippen LogP contribution < -0.4 is 20.1 Å². The average Bonchev–Trinajstić information content (AvgIpc) is 3.18. The SMILES string of the molecule is COc1ccc(CC(=O)Nc2c(C(=O)Nc3ccccc3)oc3ccccc23)cc1OC. The first-order valence-corrected chi connectivity index (χ1v) is 9.97. The third kappa shape index (κ3) is 4.41. The highest BCUT2D eigenvalue weighted by Gasteiger charge is 2.22. The minimum Gasteiger partial charge on any atom is -0.493 e. The van der Waals surface area contributed by atoms with E-state index >= 15 is 0 Å². The molecule has 0 aliphatic rings. The number of carbonyl (C=O) groups excluding carboxylic acids is 2. The van der Waals surface area contributed by atoms with Gasteiger partial charge in [0.1, 0.15) is 11.3 Å². The van der Waals surface area contributed by atoms with Crippen LogP contribution in [0.2, 0.25) is 0 Å². The van der Waals surface area contributed by atoms with E-state index in [4.69, 9.17) is 13.9 Å². The number of anilines is 2. The fourth-order valence-electron chi connectivity index (χ4n) is 3.40. The van der Waals surface area contributed by atoms with Gasteiger partial charge in [-0.05, 0) is 42.0 Å². The van der Waals surface area contributed by atoms with Crippen molar-refractivity contribution in [1.29, 1.82) is 0 Å². The third-order valence-electron chi connectivity index (χ3n) is 4.91. The van der Waals surface area contributed by atoms with Gasteiger partial charge >= 0.3 is 0 Å². The third-order valence-corrected chi connectivity index (χ3v) is 4.91. The maximum atomic E-state index is 12.9. The van der Waals surface area contributed by atoms with Crippen LogP contribution in [-0.2, 0) is 11.2 Å². The van der Waals surface area contributed by atoms with Gasteiger partial charge < -0.3 is 24.5 Å². The molecule has 0 saturated heterocycles. The van der Waals surface area contributed by atoms with Gasteiger partial charge in [-0.25, -0.2) is 0 Å². The minimum absolute atomic E-state index is 0.0377. The summed E-state index contributed by atoms with van der Waals surface area (Å²) < 4.78 is 16.3. The molecule has 4 aromatic rings. The lowest BCUT2D eigenvalue weighted by Gasteiger charge is -2.10. The van der Waals surface area contributed by atoms with Crippen molar-refractivity contribution in [2.24, 2.45) is 0 Å². The predicted octanol–water partition coefficient (Wildman–Crippen LogP) is 4.88. The minimum atomic E-state index is -0.450. The number of benzene rings is 3. The molecule has 0 aliphatic heterocycles. The summed E-state index contributed by atoms with van der Waals surface area (Å²) in [6.45, 7) is 0. The van der Waals surface area contributed by atoms with E-state index in [-0.39, 0.29) is 18.1 Å². The number of amides is 2. The van der Waals surface area contributed by atoms with Crippen LogP contribution in [0, 0.1) is 0 Å². The highest BCUT2D eigenvalue weighted by molar-refractivity contribution is 6.14. The summed E-state index contributed by atoms with van der Waals surface area (Å²) in [6, 6.07) is 21.5. The number of para-hydroxylation sites is 2. The summed E-state index contributed by atoms with van der Waals surface area (Å²) in [6.07, 6.45) is 0.0829. The van der Waals surface area contributed by atoms with E-state index in [2.05, 4.69) is 10.6 Å². The molecule has 2 N–H and O–H groups in total. The molecule has 2 amide bonds. The monoisotopic (exact) mass is 430 g/mol. The first kappa shape index (κ1) is 21.0. The number of furan rings is 1. The maximum absolute atomic E-state index is 12.9. The second-order valence-corrected chi connectivity index (χ2v) is 7.04. The highest BCUT2D eigenvalue weighted by atomic mass is 16.5. The van der Waals surface area contributed by atoms with Crippen LogP contribution in [0.15, 0.2) is 77.2 Å². The van der Waals surface area contributed by atoms with Crippen molar-refractivity contribution in [3.05, 3.63) is 84.1 Å². The molecule has 0 bridgehead atoms. The van der Waals surface area contributed by atoms with Crippen molar-refractivity contribution in [3.8, 4) is 11.5 Å². The molecule has 0 radical (unpaired) electrons. The van der Waals surface area contributed by atoms with Crippen LogP contribution in [0.1, 0.15) is 16.1 Å². The van der Waals surface area contributed by atoms with E-state index in [9.17, 15) is 9.59 Å². The molecule has 0 unspecified atom stereocenters. The van der Waals surface area contributed by atoms with Crippen molar-refractivity contribution in [1.82, 2.24) is 0 Å². The molecule has 7 heteroatoms. The predicted molar refractivity (Wildman–Crippen MR) is 122 cm³/mol. The highest BCUT2D eigenvalue weighted by Crippen LogP contribution is 2.32. The van der Waals surface area contributed by atoms with Crippen molar-refractivity contribution in [2.75, 3.05) is 24.9 Å². The zero-order chi connectivity index (χ0) is 22.5. The lowest BCUT2D eigenvalue weighted by atomic mass is 10.1. The molecule has 0 atom stereocenters. The molecule has 3 aromatic carbocycles. The molecule has 32 heavy (non-hydrogen) atoms. The molecule has 7 nitrogen and oxygen atoms in total. The quantitative estimate of drug-likeness (QED) is 0.436. The largest absolute Gasteiger partial charge is 0.493 e. The summed E-state index contributed by atoms with van der Waals surface area (Å²) >= 11 is 0. The Morgan fingerprint density at radius 1 is 0.844 bits per heavy atom. The molecule has 4 rings (SSSR count). The van der Waals surface area contributed by atoms with Crippen LogP contribution >= 0.6 is 0 Å². The molecule has 162 valence electrons. The Balaban J connectivity index is 1.60. The normalized spacial score (nSPS) is 10.6. The van der Waals surface area contributed by atoms with Crippen molar-refractivity contribution in [2.45, 2.75) is 6.42 Å². The van der Waals surface area contributed by atoms with Crippen molar-refractivity contribution < 1.29 is 23.5 Å². The van der Waals surface area contributed by atoms with E-state index < -0.39 is 5.91 Å². The van der Waals surface area contributed by atoms with Gasteiger partial charge in [0.15, 0.2) is 11.5 Å². The fraction of sp³-hybridized carbons (Fsp3) is 0.120. The van der Waals surface area contributed by atoms with Gasteiger partial charge in [-0.1, -0.05) is 36.4 Å². The second-order valence-electron chi connectivity index (χ2n) is 7.04. The zero-order valence-corrected chi connectivity index (χ0v) is 17.7. The van der Waals surface area contributed by atoms with Crippen LogP contribution in [0.5, 0.6) is 11.5 Å². The number of rotatable bonds is 7. The molecule has 1 heterocycles. The number of fused-ring (bicyclic) bond motifs is 1. The average molecular weight is 430 g/mol. The van der Waals surface area contributed by atoms with E-state index in [1.807, 2.05) is 24.3 Å². The summed E-state index contributed by atoms with van der Waals surface area (Å²) in [5, 5.41) is 6.29. The lowest BCUT2D eigenvalue weighted by molar-refractivity contribution is -0.115. The lowest BCUT2D eigenvalue weighted by Crippen LogP contribution is -2.18. The second kappa shape index (κ2) is 9.26. The van der Waals surface area contributed by atoms with E-state index in [0.29, 0.717) is 33.8 Å². The number of hydrogen-bond donors (Lipinski definition) is 2. The maximum Gasteiger partial charge on any atom is 0.293 e. The smallest absolute Gasteiger partial charge is 0.293 e. The number of carbonyl (C=O) groups is 2. The van der Waals surface area contributed by atoms with Gasteiger partial charge in [0.25, 0.3) is 5.91 Å². The first-order valence-electron chi connectivity index (χ1n) is 9.97. The van der Waals surface area contributed by atoms with Crippen molar-refractivity contribution in [3.63, 3.8) is 0 Å². The summed E-state index contributed by atoms with van der Waals surface area (Å²) in [7, 11) is 3.09. The van der Waals surface area contributed by atoms with Crippen LogP contribution in [-0.4, -0.2) is 26.0 Å². The number of hydrogen-bond acceptors (Lipinski definition) is 5. The fourth-order valence-corrected chi connectivity index (χ4v) is 3.40. The van der Waals surface area contributed by atoms with Gasteiger partial charge in [0.2, 0.25) is 11.7 Å². The zero-order valence-electron chi connectivity index (χ0n) is 17.7. The van der Waals surface area contributed by atoms with Crippen LogP contribution in [0.3, 0.4) is 0 Å². The molecule has 0 saturated carbocycles. The number of methoxy groups -OCH3 is 2. The van der Waals surface area contributed by atoms with Crippen molar-refractivity contribution >= 4 is 34.2 Å². The van der Waals surface area contributed by atoms with Gasteiger partial charge in [-0.3, -0.25) is 9.59 Å². The van der Waals surface area contributed by atoms with E-state index in [0.717, 1.165) is 5.56 Å². The summed E-state index contributed by atoms with van der Waals surface area (Å²) in [4.78, 5) is 25.8. The Morgan fingerprint density at radius 3 is 2.31 bits per heavy atom. The van der Waals surface area contributed by atoms with Gasteiger partial charge in [0, 0.05) is 11.1 Å². The number of nitrogens with one attached hydrogen (secondary N) is 2. The van der Waals surface area contributed by atoms with E-state index in [1.54, 1.807) is 55.6 Å². The molecule has 0 spiro atoms. The molecule has 0 fully saturated rings. The first-order chi connectivity index (χ1) is 15.6. The van der Waals surface area contributed by atoms with Gasteiger partial charge in [-0.2, -0.15) is 0 Å². The Bertz CT molecular complexity index is 1260. The Morgan fingerprint density at radius 2 is 1.56 bits per heavy atom. The van der Waals surface area contributed by atoms with Gasteiger partial charge in [-0.15, -0.1) is 0 Å².